The molecule has 72 valence electrons. The Morgan fingerprint density at radius 2 is 2.46 bits per heavy atom. The highest BCUT2D eigenvalue weighted by molar-refractivity contribution is 7.10. The Labute approximate surface area is 82.6 Å². The second-order valence-electron chi connectivity index (χ2n) is 3.69. The van der Waals surface area contributed by atoms with Gasteiger partial charge in [-0.3, -0.25) is 0 Å². The fourth-order valence-electron chi connectivity index (χ4n) is 1.32. The fourth-order valence-corrected chi connectivity index (χ4v) is 2.07. The first-order chi connectivity index (χ1) is 6.25. The van der Waals surface area contributed by atoms with Crippen LogP contribution in [0.3, 0.4) is 0 Å². The molecule has 1 fully saturated rings. The highest BCUT2D eigenvalue weighted by atomic mass is 32.1. The summed E-state index contributed by atoms with van der Waals surface area (Å²) in [7, 11) is 0. The largest absolute Gasteiger partial charge is 0.387 e. The topological polar surface area (TPSA) is 32.3 Å². The van der Waals surface area contributed by atoms with Crippen LogP contribution in [0.5, 0.6) is 0 Å². The SMILES string of the molecule is Cc1cc(C(O)CNC2CC2)cs1. The summed E-state index contributed by atoms with van der Waals surface area (Å²) in [5.41, 5.74) is 1.05. The van der Waals surface area contributed by atoms with Crippen LogP contribution in [0.2, 0.25) is 0 Å². The molecule has 0 bridgehead atoms. The standard InChI is InChI=1S/C10H15NOS/c1-7-4-8(6-13-7)10(12)5-11-9-2-3-9/h4,6,9-12H,2-3,5H2,1H3. The summed E-state index contributed by atoms with van der Waals surface area (Å²) in [6.45, 7) is 2.76. The van der Waals surface area contributed by atoms with Gasteiger partial charge < -0.3 is 10.4 Å². The van der Waals surface area contributed by atoms with Crippen LogP contribution >= 0.6 is 11.3 Å². The van der Waals surface area contributed by atoms with Crippen LogP contribution in [0.4, 0.5) is 0 Å². The molecule has 13 heavy (non-hydrogen) atoms. The molecule has 1 unspecified atom stereocenters. The van der Waals surface area contributed by atoms with Gasteiger partial charge in [0.05, 0.1) is 6.10 Å². The smallest absolute Gasteiger partial charge is 0.0922 e. The zero-order chi connectivity index (χ0) is 9.26. The van der Waals surface area contributed by atoms with E-state index in [1.807, 2.05) is 5.38 Å². The average Bonchev–Trinajstić information content (AvgIpc) is 2.84. The number of nitrogens with one attached hydrogen (secondary N) is 1. The molecule has 0 aliphatic heterocycles. The molecule has 0 spiro atoms. The monoisotopic (exact) mass is 197 g/mol. The highest BCUT2D eigenvalue weighted by Crippen LogP contribution is 2.22. The maximum absolute atomic E-state index is 9.75. The van der Waals surface area contributed by atoms with Gasteiger partial charge in [0.25, 0.3) is 0 Å². The van der Waals surface area contributed by atoms with Crippen molar-refractivity contribution in [3.05, 3.63) is 21.9 Å². The van der Waals surface area contributed by atoms with Gasteiger partial charge in [-0.15, -0.1) is 11.3 Å². The van der Waals surface area contributed by atoms with Crippen LogP contribution in [-0.4, -0.2) is 17.7 Å². The predicted octanol–water partition coefficient (Wildman–Crippen LogP) is 1.84. The molecule has 3 heteroatoms. The summed E-state index contributed by atoms with van der Waals surface area (Å²) in [6.07, 6.45) is 2.22. The molecule has 0 radical (unpaired) electrons. The Bertz CT molecular complexity index is 280. The molecule has 2 rings (SSSR count). The molecule has 2 nitrogen and oxygen atoms in total. The van der Waals surface area contributed by atoms with E-state index in [2.05, 4.69) is 18.3 Å². The number of thiophene rings is 1. The molecule has 0 aromatic carbocycles. The third-order valence-corrected chi connectivity index (χ3v) is 3.19. The van der Waals surface area contributed by atoms with Crippen LogP contribution < -0.4 is 5.32 Å². The molecule has 0 saturated heterocycles. The molecular weight excluding hydrogens is 182 g/mol. The number of aryl methyl sites for hydroxylation is 1. The van der Waals surface area contributed by atoms with Crippen molar-refractivity contribution in [3.8, 4) is 0 Å². The first-order valence-electron chi connectivity index (χ1n) is 4.72. The zero-order valence-corrected chi connectivity index (χ0v) is 8.60. The lowest BCUT2D eigenvalue weighted by atomic mass is 10.2. The van der Waals surface area contributed by atoms with E-state index < -0.39 is 0 Å². The molecule has 1 aromatic heterocycles. The van der Waals surface area contributed by atoms with Crippen LogP contribution in [0.15, 0.2) is 11.4 Å². The van der Waals surface area contributed by atoms with E-state index in [1.54, 1.807) is 11.3 Å². The van der Waals surface area contributed by atoms with Crippen LogP contribution in [0.1, 0.15) is 29.4 Å². The Hall–Kier alpha value is -0.380. The fraction of sp³-hybridized carbons (Fsp3) is 0.600. The zero-order valence-electron chi connectivity index (χ0n) is 7.79. The second kappa shape index (κ2) is 3.78. The first kappa shape index (κ1) is 9.19. The van der Waals surface area contributed by atoms with Gasteiger partial charge in [0.1, 0.15) is 0 Å². The van der Waals surface area contributed by atoms with E-state index in [0.29, 0.717) is 12.6 Å². The van der Waals surface area contributed by atoms with Crippen molar-refractivity contribution >= 4 is 11.3 Å². The summed E-state index contributed by atoms with van der Waals surface area (Å²) in [4.78, 5) is 1.26. The van der Waals surface area contributed by atoms with E-state index in [1.165, 1.54) is 17.7 Å². The van der Waals surface area contributed by atoms with Gasteiger partial charge in [0.2, 0.25) is 0 Å². The Morgan fingerprint density at radius 1 is 1.69 bits per heavy atom. The summed E-state index contributed by atoms with van der Waals surface area (Å²) in [5, 5.41) is 15.1. The number of hydrogen-bond acceptors (Lipinski definition) is 3. The average molecular weight is 197 g/mol. The maximum atomic E-state index is 9.75. The van der Waals surface area contributed by atoms with Gasteiger partial charge in [-0.1, -0.05) is 0 Å². The molecule has 1 aliphatic rings. The van der Waals surface area contributed by atoms with Crippen molar-refractivity contribution in [2.45, 2.75) is 31.9 Å². The molecule has 1 saturated carbocycles. The molecule has 1 aliphatic carbocycles. The maximum Gasteiger partial charge on any atom is 0.0922 e. The third kappa shape index (κ3) is 2.53. The van der Waals surface area contributed by atoms with Crippen LogP contribution in [0.25, 0.3) is 0 Å². The minimum absolute atomic E-state index is 0.328. The molecule has 1 atom stereocenters. The predicted molar refractivity (Wildman–Crippen MR) is 55.0 cm³/mol. The quantitative estimate of drug-likeness (QED) is 0.772. The summed E-state index contributed by atoms with van der Waals surface area (Å²) < 4.78 is 0. The van der Waals surface area contributed by atoms with E-state index in [4.69, 9.17) is 0 Å². The first-order valence-corrected chi connectivity index (χ1v) is 5.60. The minimum Gasteiger partial charge on any atom is -0.387 e. The summed E-state index contributed by atoms with van der Waals surface area (Å²) in [6, 6.07) is 2.73. The van der Waals surface area contributed by atoms with Gasteiger partial charge >= 0.3 is 0 Å². The van der Waals surface area contributed by atoms with Crippen LogP contribution in [0, 0.1) is 6.92 Å². The molecular formula is C10H15NOS. The Morgan fingerprint density at radius 3 is 3.00 bits per heavy atom. The van der Waals surface area contributed by atoms with Gasteiger partial charge in [-0.2, -0.15) is 0 Å². The lowest BCUT2D eigenvalue weighted by Gasteiger charge is -2.09. The second-order valence-corrected chi connectivity index (χ2v) is 4.80. The van der Waals surface area contributed by atoms with Crippen LogP contribution in [-0.2, 0) is 0 Å². The van der Waals surface area contributed by atoms with Gasteiger partial charge in [0.15, 0.2) is 0 Å². The lowest BCUT2D eigenvalue weighted by molar-refractivity contribution is 0.174. The van der Waals surface area contributed by atoms with Gasteiger partial charge in [0, 0.05) is 17.5 Å². The number of hydrogen-bond donors (Lipinski definition) is 2. The van der Waals surface area contributed by atoms with Gasteiger partial charge in [-0.05, 0) is 36.8 Å². The molecule has 1 aromatic rings. The molecule has 0 amide bonds. The Balaban J connectivity index is 1.84. The van der Waals surface area contributed by atoms with Gasteiger partial charge in [-0.25, -0.2) is 0 Å². The third-order valence-electron chi connectivity index (χ3n) is 2.31. The summed E-state index contributed by atoms with van der Waals surface area (Å²) in [5.74, 6) is 0. The van der Waals surface area contributed by atoms with Crippen molar-refractivity contribution in [3.63, 3.8) is 0 Å². The Kier molecular flexibility index (Phi) is 2.67. The molecule has 1 heterocycles. The van der Waals surface area contributed by atoms with Crippen molar-refractivity contribution in [1.29, 1.82) is 0 Å². The van der Waals surface area contributed by atoms with Crippen molar-refractivity contribution in [2.24, 2.45) is 0 Å². The van der Waals surface area contributed by atoms with E-state index >= 15 is 0 Å². The summed E-state index contributed by atoms with van der Waals surface area (Å²) >= 11 is 1.69. The normalized spacial score (nSPS) is 18.9. The molecule has 2 N–H and O–H groups in total. The van der Waals surface area contributed by atoms with E-state index in [9.17, 15) is 5.11 Å². The minimum atomic E-state index is -0.328. The number of aliphatic hydroxyl groups is 1. The number of rotatable bonds is 4. The van der Waals surface area contributed by atoms with E-state index in [0.717, 1.165) is 5.56 Å². The lowest BCUT2D eigenvalue weighted by Crippen LogP contribution is -2.22. The van der Waals surface area contributed by atoms with Crippen molar-refractivity contribution in [2.75, 3.05) is 6.54 Å². The highest BCUT2D eigenvalue weighted by Gasteiger charge is 2.21. The number of aliphatic hydroxyl groups excluding tert-OH is 1. The van der Waals surface area contributed by atoms with E-state index in [-0.39, 0.29) is 6.10 Å². The van der Waals surface area contributed by atoms with Crippen molar-refractivity contribution in [1.82, 2.24) is 5.32 Å². The van der Waals surface area contributed by atoms with Crippen molar-refractivity contribution < 1.29 is 5.11 Å².